The summed E-state index contributed by atoms with van der Waals surface area (Å²) in [6, 6.07) is 0. The first kappa shape index (κ1) is 14.4. The van der Waals surface area contributed by atoms with E-state index < -0.39 is 0 Å². The van der Waals surface area contributed by atoms with Crippen molar-refractivity contribution >= 4 is 5.91 Å². The second-order valence-electron chi connectivity index (χ2n) is 3.75. The summed E-state index contributed by atoms with van der Waals surface area (Å²) in [6.45, 7) is 5.70. The van der Waals surface area contributed by atoms with Gasteiger partial charge in [0.2, 0.25) is 5.91 Å². The average molecular weight is 215 g/mol. The van der Waals surface area contributed by atoms with Crippen LogP contribution in [-0.2, 0) is 9.53 Å². The molecular formula is C12H25NO2. The van der Waals surface area contributed by atoms with E-state index in [-0.39, 0.29) is 12.5 Å². The third-order valence-electron chi connectivity index (χ3n) is 2.29. The molecule has 0 rings (SSSR count). The molecule has 0 fully saturated rings. The van der Waals surface area contributed by atoms with E-state index in [4.69, 9.17) is 4.74 Å². The van der Waals surface area contributed by atoms with Crippen LogP contribution >= 0.6 is 0 Å². The molecule has 0 aliphatic rings. The van der Waals surface area contributed by atoms with Gasteiger partial charge >= 0.3 is 0 Å². The van der Waals surface area contributed by atoms with E-state index in [1.165, 1.54) is 32.1 Å². The lowest BCUT2D eigenvalue weighted by Gasteiger charge is -2.04. The summed E-state index contributed by atoms with van der Waals surface area (Å²) in [6.07, 6.45) is 7.52. The van der Waals surface area contributed by atoms with Crippen LogP contribution in [0.15, 0.2) is 0 Å². The molecule has 0 radical (unpaired) electrons. The normalized spacial score (nSPS) is 10.3. The highest BCUT2D eigenvalue weighted by atomic mass is 16.5. The quantitative estimate of drug-likeness (QED) is 0.569. The lowest BCUT2D eigenvalue weighted by molar-refractivity contribution is -0.125. The van der Waals surface area contributed by atoms with Gasteiger partial charge in [-0.15, -0.1) is 0 Å². The van der Waals surface area contributed by atoms with Gasteiger partial charge < -0.3 is 10.1 Å². The first-order valence-electron chi connectivity index (χ1n) is 6.15. The van der Waals surface area contributed by atoms with E-state index >= 15 is 0 Å². The molecule has 90 valence electrons. The molecule has 1 N–H and O–H groups in total. The van der Waals surface area contributed by atoms with E-state index in [2.05, 4.69) is 12.2 Å². The Bertz CT molecular complexity index is 149. The van der Waals surface area contributed by atoms with Crippen LogP contribution in [-0.4, -0.2) is 25.7 Å². The van der Waals surface area contributed by atoms with Gasteiger partial charge in [-0.05, 0) is 13.3 Å². The molecule has 0 saturated carbocycles. The van der Waals surface area contributed by atoms with Crippen molar-refractivity contribution in [3.8, 4) is 0 Å². The van der Waals surface area contributed by atoms with Crippen LogP contribution in [0.3, 0.4) is 0 Å². The summed E-state index contributed by atoms with van der Waals surface area (Å²) in [4.78, 5) is 11.1. The van der Waals surface area contributed by atoms with Gasteiger partial charge in [-0.1, -0.05) is 39.0 Å². The van der Waals surface area contributed by atoms with Crippen LogP contribution in [0.5, 0.6) is 0 Å². The number of rotatable bonds is 10. The van der Waals surface area contributed by atoms with Crippen molar-refractivity contribution < 1.29 is 9.53 Å². The Morgan fingerprint density at radius 1 is 1.07 bits per heavy atom. The molecule has 0 aromatic carbocycles. The number of carbonyl (C=O) groups is 1. The average Bonchev–Trinajstić information content (AvgIpc) is 2.25. The number of hydrogen-bond donors (Lipinski definition) is 1. The summed E-state index contributed by atoms with van der Waals surface area (Å²) in [5.41, 5.74) is 0. The van der Waals surface area contributed by atoms with E-state index in [9.17, 15) is 4.79 Å². The minimum Gasteiger partial charge on any atom is -0.372 e. The highest BCUT2D eigenvalue weighted by Crippen LogP contribution is 2.03. The summed E-state index contributed by atoms with van der Waals surface area (Å²) >= 11 is 0. The molecule has 3 heteroatoms. The Hall–Kier alpha value is -0.570. The van der Waals surface area contributed by atoms with Gasteiger partial charge in [-0.2, -0.15) is 0 Å². The smallest absolute Gasteiger partial charge is 0.245 e. The molecule has 3 nitrogen and oxygen atoms in total. The van der Waals surface area contributed by atoms with E-state index in [0.29, 0.717) is 6.61 Å². The molecule has 0 aromatic rings. The van der Waals surface area contributed by atoms with Gasteiger partial charge in [0.15, 0.2) is 0 Å². The van der Waals surface area contributed by atoms with Gasteiger partial charge in [0.05, 0.1) is 0 Å². The van der Waals surface area contributed by atoms with Crippen LogP contribution in [0.25, 0.3) is 0 Å². The van der Waals surface area contributed by atoms with Crippen molar-refractivity contribution in [3.05, 3.63) is 0 Å². The maximum Gasteiger partial charge on any atom is 0.245 e. The highest BCUT2D eigenvalue weighted by Gasteiger charge is 1.98. The van der Waals surface area contributed by atoms with Crippen molar-refractivity contribution in [2.24, 2.45) is 0 Å². The SMILES string of the molecule is CCCCCCCCNC(=O)COCC. The Morgan fingerprint density at radius 3 is 2.40 bits per heavy atom. The third kappa shape index (κ3) is 11.4. The number of hydrogen-bond acceptors (Lipinski definition) is 2. The Labute approximate surface area is 93.6 Å². The number of unbranched alkanes of at least 4 members (excludes halogenated alkanes) is 5. The maximum absolute atomic E-state index is 11.1. The van der Waals surface area contributed by atoms with Crippen molar-refractivity contribution in [1.29, 1.82) is 0 Å². The summed E-state index contributed by atoms with van der Waals surface area (Å²) in [5, 5.41) is 2.84. The predicted molar refractivity (Wildman–Crippen MR) is 62.9 cm³/mol. The number of nitrogens with one attached hydrogen (secondary N) is 1. The van der Waals surface area contributed by atoms with E-state index in [0.717, 1.165) is 13.0 Å². The molecule has 0 aliphatic heterocycles. The first-order chi connectivity index (χ1) is 7.31. The lowest BCUT2D eigenvalue weighted by Crippen LogP contribution is -2.28. The minimum atomic E-state index is 0.00501. The Balaban J connectivity index is 3.06. The third-order valence-corrected chi connectivity index (χ3v) is 2.29. The van der Waals surface area contributed by atoms with Crippen LogP contribution in [0.4, 0.5) is 0 Å². The van der Waals surface area contributed by atoms with E-state index in [1.54, 1.807) is 0 Å². The van der Waals surface area contributed by atoms with Crippen LogP contribution in [0.2, 0.25) is 0 Å². The zero-order chi connectivity index (χ0) is 11.4. The summed E-state index contributed by atoms with van der Waals surface area (Å²) in [7, 11) is 0. The number of carbonyl (C=O) groups excluding carboxylic acids is 1. The van der Waals surface area contributed by atoms with Crippen molar-refractivity contribution in [2.75, 3.05) is 19.8 Å². The molecule has 15 heavy (non-hydrogen) atoms. The molecule has 0 bridgehead atoms. The standard InChI is InChI=1S/C12H25NO2/c1-3-5-6-7-8-9-10-13-12(14)11-15-4-2/h3-11H2,1-2H3,(H,13,14). The summed E-state index contributed by atoms with van der Waals surface area (Å²) in [5.74, 6) is 0.00501. The van der Waals surface area contributed by atoms with Gasteiger partial charge in [0.25, 0.3) is 0 Å². The molecule has 0 unspecified atom stereocenters. The van der Waals surface area contributed by atoms with Crippen molar-refractivity contribution in [1.82, 2.24) is 5.32 Å². The van der Waals surface area contributed by atoms with E-state index in [1.807, 2.05) is 6.92 Å². The minimum absolute atomic E-state index is 0.00501. The largest absolute Gasteiger partial charge is 0.372 e. The fourth-order valence-electron chi connectivity index (χ4n) is 1.38. The maximum atomic E-state index is 11.1. The molecular weight excluding hydrogens is 190 g/mol. The molecule has 0 spiro atoms. The fourth-order valence-corrected chi connectivity index (χ4v) is 1.38. The van der Waals surface area contributed by atoms with Crippen LogP contribution in [0.1, 0.15) is 52.4 Å². The van der Waals surface area contributed by atoms with Crippen molar-refractivity contribution in [3.63, 3.8) is 0 Å². The molecule has 0 heterocycles. The van der Waals surface area contributed by atoms with Crippen LogP contribution in [0, 0.1) is 0 Å². The number of ether oxygens (including phenoxy) is 1. The number of amides is 1. The first-order valence-corrected chi connectivity index (χ1v) is 6.15. The fraction of sp³-hybridized carbons (Fsp3) is 0.917. The zero-order valence-electron chi connectivity index (χ0n) is 10.2. The van der Waals surface area contributed by atoms with Crippen molar-refractivity contribution in [2.45, 2.75) is 52.4 Å². The summed E-state index contributed by atoms with van der Waals surface area (Å²) < 4.78 is 4.99. The molecule has 0 aromatic heterocycles. The highest BCUT2D eigenvalue weighted by molar-refractivity contribution is 5.77. The predicted octanol–water partition coefficient (Wildman–Crippen LogP) is 2.50. The molecule has 0 atom stereocenters. The molecule has 1 amide bonds. The second kappa shape index (κ2) is 11.5. The Kier molecular flexibility index (Phi) is 11.1. The molecule has 0 aliphatic carbocycles. The van der Waals surface area contributed by atoms with Gasteiger partial charge in [0.1, 0.15) is 6.61 Å². The van der Waals surface area contributed by atoms with Gasteiger partial charge in [-0.3, -0.25) is 4.79 Å². The van der Waals surface area contributed by atoms with Crippen LogP contribution < -0.4 is 5.32 Å². The molecule has 0 saturated heterocycles. The zero-order valence-corrected chi connectivity index (χ0v) is 10.2. The topological polar surface area (TPSA) is 38.3 Å². The second-order valence-corrected chi connectivity index (χ2v) is 3.75. The van der Waals surface area contributed by atoms with Gasteiger partial charge in [0, 0.05) is 13.2 Å². The van der Waals surface area contributed by atoms with Gasteiger partial charge in [-0.25, -0.2) is 0 Å². The Morgan fingerprint density at radius 2 is 1.73 bits per heavy atom. The monoisotopic (exact) mass is 215 g/mol. The lowest BCUT2D eigenvalue weighted by atomic mass is 10.1.